The summed E-state index contributed by atoms with van der Waals surface area (Å²) < 4.78 is 60.9. The third kappa shape index (κ3) is 9.16. The first kappa shape index (κ1) is 26.7. The van der Waals surface area contributed by atoms with Gasteiger partial charge in [-0.15, -0.1) is 24.0 Å². The van der Waals surface area contributed by atoms with Gasteiger partial charge in [0, 0.05) is 25.7 Å². The predicted molar refractivity (Wildman–Crippen MR) is 112 cm³/mol. The maximum absolute atomic E-state index is 12.5. The lowest BCUT2D eigenvalue weighted by Crippen LogP contribution is -2.45. The molecule has 0 aliphatic carbocycles. The largest absolute Gasteiger partial charge is 0.511 e. The zero-order chi connectivity index (χ0) is 20.0. The predicted octanol–water partition coefficient (Wildman–Crippen LogP) is 3.29. The number of piperidine rings is 1. The minimum Gasteiger partial charge on any atom is -0.370 e. The van der Waals surface area contributed by atoms with Crippen molar-refractivity contribution in [3.8, 4) is 0 Å². The first-order chi connectivity index (χ1) is 11.9. The Balaban J connectivity index is 0.00000676. The molecule has 0 aromatic rings. The molecule has 1 heterocycles. The van der Waals surface area contributed by atoms with Gasteiger partial charge in [0.05, 0.1) is 0 Å². The quantitative estimate of drug-likeness (QED) is 0.288. The molecular formula is C16H32F3IN4O2S. The van der Waals surface area contributed by atoms with E-state index in [1.54, 1.807) is 0 Å². The maximum Gasteiger partial charge on any atom is 0.511 e. The van der Waals surface area contributed by atoms with Crippen LogP contribution in [0.25, 0.3) is 0 Å². The Bertz CT molecular complexity index is 563. The van der Waals surface area contributed by atoms with Crippen LogP contribution in [0.2, 0.25) is 0 Å². The van der Waals surface area contributed by atoms with Crippen molar-refractivity contribution in [2.24, 2.45) is 22.6 Å². The highest BCUT2D eigenvalue weighted by atomic mass is 127. The number of halogens is 4. The molecule has 0 aromatic carbocycles. The summed E-state index contributed by atoms with van der Waals surface area (Å²) in [6, 6.07) is 0.205. The highest BCUT2D eigenvalue weighted by molar-refractivity contribution is 14.0. The Kier molecular flexibility index (Phi) is 11.5. The number of rotatable bonds is 8. The zero-order valence-electron chi connectivity index (χ0n) is 16.1. The molecule has 1 rings (SSSR count). The number of nitrogens with zero attached hydrogens (tertiary/aromatic N) is 2. The van der Waals surface area contributed by atoms with E-state index in [0.717, 1.165) is 19.3 Å². The monoisotopic (exact) mass is 528 g/mol. The van der Waals surface area contributed by atoms with Crippen LogP contribution in [-0.2, 0) is 10.0 Å². The second-order valence-electron chi connectivity index (χ2n) is 7.39. The molecule has 1 aliphatic heterocycles. The number of hydrogen-bond acceptors (Lipinski definition) is 3. The van der Waals surface area contributed by atoms with Crippen molar-refractivity contribution in [2.45, 2.75) is 64.4 Å². The number of nitrogens with two attached hydrogens (primary N) is 1. The molecule has 0 amide bonds. The SMILES string of the molecule is CC(C)CCCC(C)NC(N)=NCC1CCN(S(=O)(=O)C(F)(F)F)CC1.I. The number of aliphatic imine (C=N–C) groups is 1. The van der Waals surface area contributed by atoms with Crippen molar-refractivity contribution >= 4 is 40.0 Å². The average Bonchev–Trinajstić information content (AvgIpc) is 2.51. The van der Waals surface area contributed by atoms with Crippen molar-refractivity contribution < 1.29 is 21.6 Å². The number of hydrogen-bond donors (Lipinski definition) is 2. The van der Waals surface area contributed by atoms with E-state index in [0.29, 0.717) is 35.6 Å². The van der Waals surface area contributed by atoms with Gasteiger partial charge in [-0.3, -0.25) is 4.99 Å². The van der Waals surface area contributed by atoms with Gasteiger partial charge in [-0.1, -0.05) is 26.7 Å². The highest BCUT2D eigenvalue weighted by Crippen LogP contribution is 2.30. The summed E-state index contributed by atoms with van der Waals surface area (Å²) in [5, 5.41) is 3.12. The molecule has 3 N–H and O–H groups in total. The third-order valence-electron chi connectivity index (χ3n) is 4.54. The van der Waals surface area contributed by atoms with Gasteiger partial charge < -0.3 is 11.1 Å². The molecule has 0 saturated carbocycles. The molecule has 162 valence electrons. The van der Waals surface area contributed by atoms with E-state index in [-0.39, 0.29) is 49.0 Å². The van der Waals surface area contributed by atoms with Crippen LogP contribution in [-0.4, -0.2) is 49.9 Å². The van der Waals surface area contributed by atoms with Crippen LogP contribution >= 0.6 is 24.0 Å². The van der Waals surface area contributed by atoms with E-state index in [1.165, 1.54) is 0 Å². The molecule has 1 aliphatic rings. The maximum atomic E-state index is 12.5. The first-order valence-electron chi connectivity index (χ1n) is 9.06. The van der Waals surface area contributed by atoms with E-state index >= 15 is 0 Å². The summed E-state index contributed by atoms with van der Waals surface area (Å²) in [6.07, 6.45) is 3.93. The minimum absolute atomic E-state index is 0. The molecule has 1 saturated heterocycles. The summed E-state index contributed by atoms with van der Waals surface area (Å²) in [5.74, 6) is 1.03. The van der Waals surface area contributed by atoms with Gasteiger partial charge >= 0.3 is 15.5 Å². The van der Waals surface area contributed by atoms with Crippen molar-refractivity contribution in [2.75, 3.05) is 19.6 Å². The smallest absolute Gasteiger partial charge is 0.370 e. The summed E-state index contributed by atoms with van der Waals surface area (Å²) in [5.41, 5.74) is 0.623. The number of nitrogens with one attached hydrogen (secondary N) is 1. The Labute approximate surface area is 177 Å². The molecular weight excluding hydrogens is 496 g/mol. The van der Waals surface area contributed by atoms with Crippen LogP contribution in [0.3, 0.4) is 0 Å². The van der Waals surface area contributed by atoms with Gasteiger partial charge in [-0.05, 0) is 38.0 Å². The van der Waals surface area contributed by atoms with E-state index in [2.05, 4.69) is 24.2 Å². The van der Waals surface area contributed by atoms with Gasteiger partial charge in [0.2, 0.25) is 0 Å². The molecule has 11 heteroatoms. The van der Waals surface area contributed by atoms with Crippen LogP contribution in [0.1, 0.15) is 52.9 Å². The second-order valence-corrected chi connectivity index (χ2v) is 9.32. The molecule has 0 bridgehead atoms. The van der Waals surface area contributed by atoms with Crippen molar-refractivity contribution in [1.29, 1.82) is 0 Å². The number of sulfonamides is 1. The summed E-state index contributed by atoms with van der Waals surface area (Å²) in [4.78, 5) is 4.26. The Morgan fingerprint density at radius 2 is 1.78 bits per heavy atom. The van der Waals surface area contributed by atoms with Gasteiger partial charge in [-0.25, -0.2) is 8.42 Å². The first-order valence-corrected chi connectivity index (χ1v) is 10.5. The zero-order valence-corrected chi connectivity index (χ0v) is 19.3. The number of alkyl halides is 3. The van der Waals surface area contributed by atoms with Gasteiger partial charge in [0.15, 0.2) is 5.96 Å². The minimum atomic E-state index is -5.24. The van der Waals surface area contributed by atoms with Crippen LogP contribution in [0.5, 0.6) is 0 Å². The topological polar surface area (TPSA) is 87.8 Å². The highest BCUT2D eigenvalue weighted by Gasteiger charge is 2.50. The van der Waals surface area contributed by atoms with Crippen LogP contribution in [0, 0.1) is 11.8 Å². The van der Waals surface area contributed by atoms with Crippen LogP contribution in [0.4, 0.5) is 13.2 Å². The number of guanidine groups is 1. The Morgan fingerprint density at radius 3 is 2.26 bits per heavy atom. The van der Waals surface area contributed by atoms with Gasteiger partial charge in [0.25, 0.3) is 0 Å². The van der Waals surface area contributed by atoms with E-state index in [1.807, 2.05) is 6.92 Å². The fourth-order valence-corrected chi connectivity index (χ4v) is 3.89. The van der Waals surface area contributed by atoms with Gasteiger partial charge in [-0.2, -0.15) is 17.5 Å². The van der Waals surface area contributed by atoms with Crippen molar-refractivity contribution in [1.82, 2.24) is 9.62 Å². The van der Waals surface area contributed by atoms with E-state index < -0.39 is 15.5 Å². The molecule has 27 heavy (non-hydrogen) atoms. The van der Waals surface area contributed by atoms with E-state index in [4.69, 9.17) is 5.73 Å². The average molecular weight is 528 g/mol. The fourth-order valence-electron chi connectivity index (χ4n) is 2.91. The molecule has 1 atom stereocenters. The fraction of sp³-hybridized carbons (Fsp3) is 0.938. The molecule has 1 fully saturated rings. The lowest BCUT2D eigenvalue weighted by Gasteiger charge is -2.30. The molecule has 0 aromatic heterocycles. The van der Waals surface area contributed by atoms with Crippen molar-refractivity contribution in [3.05, 3.63) is 0 Å². The Morgan fingerprint density at radius 1 is 1.22 bits per heavy atom. The molecule has 0 radical (unpaired) electrons. The van der Waals surface area contributed by atoms with Gasteiger partial charge in [0.1, 0.15) is 0 Å². The molecule has 6 nitrogen and oxygen atoms in total. The second kappa shape index (κ2) is 11.6. The standard InChI is InChI=1S/C16H31F3N4O2S.HI/c1-12(2)5-4-6-13(3)22-15(20)21-11-14-7-9-23(10-8-14)26(24,25)16(17,18)19;/h12-14H,4-11H2,1-3H3,(H3,20,21,22);1H. The summed E-state index contributed by atoms with van der Waals surface area (Å²) in [6.45, 7) is 6.50. The molecule has 0 spiro atoms. The molecule has 1 unspecified atom stereocenters. The summed E-state index contributed by atoms with van der Waals surface area (Å²) in [7, 11) is -5.22. The lowest BCUT2D eigenvalue weighted by atomic mass is 9.98. The van der Waals surface area contributed by atoms with Crippen LogP contribution in [0.15, 0.2) is 4.99 Å². The van der Waals surface area contributed by atoms with Crippen molar-refractivity contribution in [3.63, 3.8) is 0 Å². The lowest BCUT2D eigenvalue weighted by molar-refractivity contribution is -0.0496. The Hall–Kier alpha value is -0.300. The third-order valence-corrected chi connectivity index (χ3v) is 6.17. The normalized spacial score (nSPS) is 19.0. The van der Waals surface area contributed by atoms with E-state index in [9.17, 15) is 21.6 Å². The van der Waals surface area contributed by atoms with Crippen LogP contribution < -0.4 is 11.1 Å². The summed E-state index contributed by atoms with van der Waals surface area (Å²) >= 11 is 0.